The fourth-order valence-electron chi connectivity index (χ4n) is 2.71. The maximum Gasteiger partial charge on any atom is 0.125 e. The molecule has 3 nitrogen and oxygen atoms in total. The summed E-state index contributed by atoms with van der Waals surface area (Å²) in [5.74, 6) is 1.29. The number of halogens is 1. The topological polar surface area (TPSA) is 29.9 Å². The first-order chi connectivity index (χ1) is 8.79. The number of hydrogen-bond acceptors (Lipinski definition) is 3. The number of hydrogen-bond donors (Lipinski definition) is 2. The average molecular weight is 265 g/mol. The number of imidazole rings is 1. The molecule has 1 aliphatic heterocycles. The van der Waals surface area contributed by atoms with Crippen molar-refractivity contribution in [3.05, 3.63) is 29.8 Å². The second-order valence-electron chi connectivity index (χ2n) is 4.67. The largest absolute Gasteiger partial charge is 0.324 e. The van der Waals surface area contributed by atoms with Crippen LogP contribution in [0.5, 0.6) is 0 Å². The predicted octanol–water partition coefficient (Wildman–Crippen LogP) is 2.53. The smallest absolute Gasteiger partial charge is 0.125 e. The maximum absolute atomic E-state index is 13.2. The van der Waals surface area contributed by atoms with Gasteiger partial charge >= 0.3 is 0 Å². The average Bonchev–Trinajstić information content (AvgIpc) is 2.77. The molecule has 1 N–H and O–H groups in total. The van der Waals surface area contributed by atoms with E-state index < -0.39 is 0 Å². The minimum absolute atomic E-state index is 0.233. The third-order valence-corrected chi connectivity index (χ3v) is 3.82. The summed E-state index contributed by atoms with van der Waals surface area (Å²) >= 11 is 4.34. The quantitative estimate of drug-likeness (QED) is 0.817. The molecule has 0 saturated carbocycles. The Morgan fingerprint density at radius 1 is 1.39 bits per heavy atom. The van der Waals surface area contributed by atoms with E-state index in [1.807, 2.05) is 6.07 Å². The summed E-state index contributed by atoms with van der Waals surface area (Å²) in [5.41, 5.74) is 1.75. The molecule has 0 spiro atoms. The van der Waals surface area contributed by atoms with Crippen molar-refractivity contribution >= 4 is 23.7 Å². The Labute approximate surface area is 111 Å². The molecule has 2 aromatic rings. The molecular weight excluding hydrogens is 249 g/mol. The van der Waals surface area contributed by atoms with Gasteiger partial charge in [0.05, 0.1) is 11.0 Å². The Hall–Kier alpha value is -1.07. The molecule has 5 heteroatoms. The van der Waals surface area contributed by atoms with Gasteiger partial charge in [-0.1, -0.05) is 0 Å². The molecular formula is C13H16FN3S. The van der Waals surface area contributed by atoms with E-state index in [0.29, 0.717) is 11.8 Å². The highest BCUT2D eigenvalue weighted by Gasteiger charge is 2.20. The van der Waals surface area contributed by atoms with E-state index in [-0.39, 0.29) is 5.82 Å². The van der Waals surface area contributed by atoms with E-state index in [9.17, 15) is 4.39 Å². The lowest BCUT2D eigenvalue weighted by atomic mass is 10.1. The first-order valence-corrected chi connectivity index (χ1v) is 6.91. The zero-order valence-corrected chi connectivity index (χ0v) is 11.0. The Bertz CT molecular complexity index is 561. The lowest BCUT2D eigenvalue weighted by Gasteiger charge is -2.26. The van der Waals surface area contributed by atoms with Crippen LogP contribution in [0.4, 0.5) is 4.39 Å². The first-order valence-electron chi connectivity index (χ1n) is 6.27. The van der Waals surface area contributed by atoms with Crippen LogP contribution in [0.1, 0.15) is 24.7 Å². The van der Waals surface area contributed by atoms with Crippen LogP contribution in [0.3, 0.4) is 0 Å². The van der Waals surface area contributed by atoms with Crippen molar-refractivity contribution in [1.29, 1.82) is 0 Å². The van der Waals surface area contributed by atoms with Crippen molar-refractivity contribution < 1.29 is 4.39 Å². The number of rotatable bonds is 2. The molecule has 1 aromatic heterocycles. The highest BCUT2D eigenvalue weighted by Crippen LogP contribution is 2.27. The van der Waals surface area contributed by atoms with Crippen LogP contribution in [0.2, 0.25) is 0 Å². The van der Waals surface area contributed by atoms with E-state index >= 15 is 0 Å². The summed E-state index contributed by atoms with van der Waals surface area (Å²) in [6.45, 7) is 2.05. The highest BCUT2D eigenvalue weighted by atomic mass is 32.1. The van der Waals surface area contributed by atoms with E-state index in [0.717, 1.165) is 42.8 Å². The molecule has 0 radical (unpaired) electrons. The number of piperidine rings is 1. The molecule has 1 aliphatic rings. The van der Waals surface area contributed by atoms with E-state index in [2.05, 4.69) is 27.5 Å². The van der Waals surface area contributed by atoms with Crippen molar-refractivity contribution in [2.45, 2.75) is 24.6 Å². The molecule has 0 amide bonds. The molecule has 0 unspecified atom stereocenters. The summed E-state index contributed by atoms with van der Waals surface area (Å²) in [6, 6.07) is 5.28. The van der Waals surface area contributed by atoms with Crippen molar-refractivity contribution in [3.63, 3.8) is 0 Å². The first kappa shape index (κ1) is 12.0. The minimum atomic E-state index is -0.233. The standard InChI is InChI=1S/C13H16FN3S/c14-9-1-2-12-11(7-9)16-13(8-18)17(12)10-3-5-15-6-4-10/h1-2,7,10,15,18H,3-6,8H2. The van der Waals surface area contributed by atoms with Gasteiger partial charge < -0.3 is 9.88 Å². The molecule has 0 aliphatic carbocycles. The zero-order valence-electron chi connectivity index (χ0n) is 10.1. The van der Waals surface area contributed by atoms with Gasteiger partial charge in [0.1, 0.15) is 11.6 Å². The molecule has 18 heavy (non-hydrogen) atoms. The monoisotopic (exact) mass is 265 g/mol. The summed E-state index contributed by atoms with van der Waals surface area (Å²) in [4.78, 5) is 4.49. The van der Waals surface area contributed by atoms with Gasteiger partial charge in [-0.2, -0.15) is 12.6 Å². The van der Waals surface area contributed by atoms with Crippen LogP contribution in [-0.4, -0.2) is 22.6 Å². The molecule has 0 atom stereocenters. The number of fused-ring (bicyclic) bond motifs is 1. The van der Waals surface area contributed by atoms with Crippen LogP contribution >= 0.6 is 12.6 Å². The maximum atomic E-state index is 13.2. The Morgan fingerprint density at radius 2 is 2.17 bits per heavy atom. The second-order valence-corrected chi connectivity index (χ2v) is 4.99. The lowest BCUT2D eigenvalue weighted by Crippen LogP contribution is -2.30. The van der Waals surface area contributed by atoms with Crippen LogP contribution in [0.15, 0.2) is 18.2 Å². The number of benzene rings is 1. The SMILES string of the molecule is Fc1ccc2c(c1)nc(CS)n2C1CCNCC1. The summed E-state index contributed by atoms with van der Waals surface area (Å²) in [6.07, 6.45) is 2.17. The van der Waals surface area contributed by atoms with Gasteiger partial charge in [-0.05, 0) is 38.1 Å². The summed E-state index contributed by atoms with van der Waals surface area (Å²) in [7, 11) is 0. The minimum Gasteiger partial charge on any atom is -0.324 e. The van der Waals surface area contributed by atoms with Crippen LogP contribution in [0, 0.1) is 5.82 Å². The van der Waals surface area contributed by atoms with E-state index in [1.165, 1.54) is 12.1 Å². The third-order valence-electron chi connectivity index (χ3n) is 3.54. The second kappa shape index (κ2) is 4.90. The van der Waals surface area contributed by atoms with Gasteiger partial charge in [0.2, 0.25) is 0 Å². The number of aromatic nitrogens is 2. The Balaban J connectivity index is 2.12. The fraction of sp³-hybridized carbons (Fsp3) is 0.462. The Morgan fingerprint density at radius 3 is 2.89 bits per heavy atom. The molecule has 0 bridgehead atoms. The molecule has 1 fully saturated rings. The lowest BCUT2D eigenvalue weighted by molar-refractivity contribution is 0.369. The van der Waals surface area contributed by atoms with Gasteiger partial charge in [0, 0.05) is 17.9 Å². The van der Waals surface area contributed by atoms with Crippen molar-refractivity contribution in [2.24, 2.45) is 0 Å². The van der Waals surface area contributed by atoms with Crippen molar-refractivity contribution in [2.75, 3.05) is 13.1 Å². The molecule has 1 saturated heterocycles. The van der Waals surface area contributed by atoms with Crippen molar-refractivity contribution in [3.8, 4) is 0 Å². The molecule has 1 aromatic carbocycles. The van der Waals surface area contributed by atoms with Gasteiger partial charge in [-0.15, -0.1) is 0 Å². The van der Waals surface area contributed by atoms with Crippen LogP contribution in [0.25, 0.3) is 11.0 Å². The predicted molar refractivity (Wildman–Crippen MR) is 73.5 cm³/mol. The number of nitrogens with zero attached hydrogens (tertiary/aromatic N) is 2. The van der Waals surface area contributed by atoms with E-state index in [4.69, 9.17) is 0 Å². The zero-order chi connectivity index (χ0) is 12.5. The third kappa shape index (κ3) is 2.01. The fourth-order valence-corrected chi connectivity index (χ4v) is 2.93. The van der Waals surface area contributed by atoms with Crippen LogP contribution < -0.4 is 5.32 Å². The summed E-state index contributed by atoms with van der Waals surface area (Å²) < 4.78 is 15.5. The molecule has 3 rings (SSSR count). The summed E-state index contributed by atoms with van der Waals surface area (Å²) in [5, 5.41) is 3.36. The highest BCUT2D eigenvalue weighted by molar-refractivity contribution is 7.79. The normalized spacial score (nSPS) is 17.4. The number of thiol groups is 1. The number of nitrogens with one attached hydrogen (secondary N) is 1. The van der Waals surface area contributed by atoms with Gasteiger partial charge in [0.15, 0.2) is 0 Å². The van der Waals surface area contributed by atoms with E-state index in [1.54, 1.807) is 0 Å². The Kier molecular flexibility index (Phi) is 3.26. The van der Waals surface area contributed by atoms with Gasteiger partial charge in [-0.3, -0.25) is 0 Å². The molecule has 2 heterocycles. The molecule has 96 valence electrons. The van der Waals surface area contributed by atoms with Crippen molar-refractivity contribution in [1.82, 2.24) is 14.9 Å². The van der Waals surface area contributed by atoms with Gasteiger partial charge in [0.25, 0.3) is 0 Å². The van der Waals surface area contributed by atoms with Crippen LogP contribution in [-0.2, 0) is 5.75 Å². The van der Waals surface area contributed by atoms with Gasteiger partial charge in [-0.25, -0.2) is 9.37 Å².